The van der Waals surface area contributed by atoms with Gasteiger partial charge >= 0.3 is 0 Å². The Morgan fingerprint density at radius 2 is 1.94 bits per heavy atom. The number of nitrogens with zero attached hydrogens (tertiary/aromatic N) is 4. The first-order valence-corrected chi connectivity index (χ1v) is 5.70. The lowest BCUT2D eigenvalue weighted by molar-refractivity contribution is 0.833. The van der Waals surface area contributed by atoms with Crippen LogP contribution < -0.4 is 5.84 Å². The topological polar surface area (TPSA) is 69.6 Å². The maximum atomic E-state index is 5.57. The smallest absolute Gasteiger partial charge is 0.115 e. The third-order valence-electron chi connectivity index (χ3n) is 2.92. The fourth-order valence-corrected chi connectivity index (χ4v) is 2.01. The first-order valence-electron chi connectivity index (χ1n) is 5.70. The van der Waals surface area contributed by atoms with Crippen LogP contribution >= 0.6 is 0 Å². The molecule has 0 aliphatic rings. The molecule has 3 aromatic rings. The van der Waals surface area contributed by atoms with Crippen LogP contribution in [0.25, 0.3) is 22.4 Å². The molecule has 90 valence electrons. The molecule has 0 unspecified atom stereocenters. The summed E-state index contributed by atoms with van der Waals surface area (Å²) in [4.78, 5) is 10.5. The number of para-hydroxylation sites is 1. The Kier molecular flexibility index (Phi) is 2.26. The van der Waals surface area contributed by atoms with Gasteiger partial charge in [0.1, 0.15) is 11.4 Å². The molecule has 0 atom stereocenters. The van der Waals surface area contributed by atoms with Crippen LogP contribution in [0.1, 0.15) is 11.3 Å². The maximum absolute atomic E-state index is 5.57. The van der Waals surface area contributed by atoms with Gasteiger partial charge in [0.05, 0.1) is 16.7 Å². The van der Waals surface area contributed by atoms with E-state index in [2.05, 4.69) is 15.1 Å². The van der Waals surface area contributed by atoms with Gasteiger partial charge in [-0.2, -0.15) is 9.89 Å². The van der Waals surface area contributed by atoms with E-state index in [1.54, 1.807) is 6.20 Å². The lowest BCUT2D eigenvalue weighted by Gasteiger charge is -2.06. The van der Waals surface area contributed by atoms with Crippen molar-refractivity contribution in [3.8, 4) is 11.4 Å². The van der Waals surface area contributed by atoms with E-state index in [-0.39, 0.29) is 0 Å². The molecule has 0 aliphatic carbocycles. The van der Waals surface area contributed by atoms with Gasteiger partial charge in [-0.05, 0) is 31.5 Å². The third-order valence-corrected chi connectivity index (χ3v) is 2.92. The SMILES string of the molecule is Cc1nc2cccc(C)c2nc1-c1ccn(N)n1. The van der Waals surface area contributed by atoms with Gasteiger partial charge in [0, 0.05) is 6.20 Å². The van der Waals surface area contributed by atoms with Gasteiger partial charge in [-0.3, -0.25) is 0 Å². The molecule has 2 aromatic heterocycles. The van der Waals surface area contributed by atoms with Crippen LogP contribution in [0.15, 0.2) is 30.5 Å². The van der Waals surface area contributed by atoms with Gasteiger partial charge in [0.25, 0.3) is 0 Å². The number of nitrogen functional groups attached to an aromatic ring is 1. The lowest BCUT2D eigenvalue weighted by Crippen LogP contribution is -2.08. The molecule has 0 bridgehead atoms. The summed E-state index contributed by atoms with van der Waals surface area (Å²) in [5, 5.41) is 4.17. The Labute approximate surface area is 104 Å². The predicted octanol–water partition coefficient (Wildman–Crippen LogP) is 1.82. The Hall–Kier alpha value is -2.43. The molecule has 0 saturated heterocycles. The van der Waals surface area contributed by atoms with Crippen LogP contribution in [-0.2, 0) is 0 Å². The van der Waals surface area contributed by atoms with E-state index in [0.29, 0.717) is 0 Å². The molecular formula is C13H13N5. The molecular weight excluding hydrogens is 226 g/mol. The summed E-state index contributed by atoms with van der Waals surface area (Å²) in [5.41, 5.74) is 5.29. The number of aryl methyl sites for hydroxylation is 2. The van der Waals surface area contributed by atoms with Crippen LogP contribution in [0.4, 0.5) is 0 Å². The zero-order valence-electron chi connectivity index (χ0n) is 10.3. The molecule has 3 rings (SSSR count). The third kappa shape index (κ3) is 1.60. The fraction of sp³-hybridized carbons (Fsp3) is 0.154. The van der Waals surface area contributed by atoms with Crippen molar-refractivity contribution in [2.24, 2.45) is 0 Å². The minimum atomic E-state index is 0.743. The molecule has 2 N–H and O–H groups in total. The molecule has 1 aromatic carbocycles. The number of benzene rings is 1. The molecule has 5 heteroatoms. The summed E-state index contributed by atoms with van der Waals surface area (Å²) in [6, 6.07) is 7.81. The average molecular weight is 239 g/mol. The van der Waals surface area contributed by atoms with Crippen LogP contribution in [-0.4, -0.2) is 19.9 Å². The molecule has 18 heavy (non-hydrogen) atoms. The van der Waals surface area contributed by atoms with E-state index in [1.165, 1.54) is 4.79 Å². The molecule has 0 fully saturated rings. The van der Waals surface area contributed by atoms with Gasteiger partial charge in [-0.1, -0.05) is 12.1 Å². The monoisotopic (exact) mass is 239 g/mol. The Morgan fingerprint density at radius 3 is 2.67 bits per heavy atom. The Balaban J connectivity index is 2.30. The summed E-state index contributed by atoms with van der Waals surface area (Å²) in [6.45, 7) is 3.96. The lowest BCUT2D eigenvalue weighted by atomic mass is 10.1. The molecule has 0 radical (unpaired) electrons. The van der Waals surface area contributed by atoms with Crippen molar-refractivity contribution >= 4 is 11.0 Å². The predicted molar refractivity (Wildman–Crippen MR) is 70.4 cm³/mol. The molecule has 0 spiro atoms. The van der Waals surface area contributed by atoms with Crippen LogP contribution in [0.3, 0.4) is 0 Å². The van der Waals surface area contributed by atoms with Crippen molar-refractivity contribution in [3.63, 3.8) is 0 Å². The highest BCUT2D eigenvalue weighted by atomic mass is 15.5. The minimum Gasteiger partial charge on any atom is -0.323 e. The van der Waals surface area contributed by atoms with Crippen molar-refractivity contribution in [3.05, 3.63) is 41.7 Å². The Bertz CT molecular complexity index is 729. The van der Waals surface area contributed by atoms with Crippen LogP contribution in [0, 0.1) is 13.8 Å². The van der Waals surface area contributed by atoms with Crippen LogP contribution in [0.5, 0.6) is 0 Å². The number of rotatable bonds is 1. The summed E-state index contributed by atoms with van der Waals surface area (Å²) in [5.74, 6) is 5.57. The van der Waals surface area contributed by atoms with E-state index >= 15 is 0 Å². The fourth-order valence-electron chi connectivity index (χ4n) is 2.01. The highest BCUT2D eigenvalue weighted by molar-refractivity contribution is 5.80. The van der Waals surface area contributed by atoms with Gasteiger partial charge in [0.2, 0.25) is 0 Å². The van der Waals surface area contributed by atoms with Gasteiger partial charge in [0.15, 0.2) is 0 Å². The summed E-state index contributed by atoms with van der Waals surface area (Å²) >= 11 is 0. The molecule has 2 heterocycles. The minimum absolute atomic E-state index is 0.743. The number of fused-ring (bicyclic) bond motifs is 1. The Morgan fingerprint density at radius 1 is 1.11 bits per heavy atom. The normalized spacial score (nSPS) is 11.0. The second-order valence-corrected chi connectivity index (χ2v) is 4.28. The molecule has 0 amide bonds. The quantitative estimate of drug-likeness (QED) is 0.658. The van der Waals surface area contributed by atoms with Crippen molar-refractivity contribution in [2.75, 3.05) is 5.84 Å². The van der Waals surface area contributed by atoms with Crippen molar-refractivity contribution in [2.45, 2.75) is 13.8 Å². The van der Waals surface area contributed by atoms with Crippen molar-refractivity contribution in [1.82, 2.24) is 19.9 Å². The van der Waals surface area contributed by atoms with Crippen LogP contribution in [0.2, 0.25) is 0 Å². The highest BCUT2D eigenvalue weighted by Crippen LogP contribution is 2.22. The molecule has 0 aliphatic heterocycles. The second-order valence-electron chi connectivity index (χ2n) is 4.28. The van der Waals surface area contributed by atoms with E-state index in [9.17, 15) is 0 Å². The van der Waals surface area contributed by atoms with Gasteiger partial charge < -0.3 is 5.84 Å². The van der Waals surface area contributed by atoms with Gasteiger partial charge in [-0.15, -0.1) is 0 Å². The summed E-state index contributed by atoms with van der Waals surface area (Å²) in [7, 11) is 0. The number of hydrogen-bond donors (Lipinski definition) is 1. The zero-order chi connectivity index (χ0) is 12.7. The largest absolute Gasteiger partial charge is 0.323 e. The van der Waals surface area contributed by atoms with E-state index in [1.807, 2.05) is 38.1 Å². The number of hydrogen-bond acceptors (Lipinski definition) is 4. The highest BCUT2D eigenvalue weighted by Gasteiger charge is 2.11. The summed E-state index contributed by atoms with van der Waals surface area (Å²) in [6.07, 6.45) is 1.69. The van der Waals surface area contributed by atoms with E-state index in [0.717, 1.165) is 33.7 Å². The first kappa shape index (κ1) is 10.7. The maximum Gasteiger partial charge on any atom is 0.115 e. The number of aromatic nitrogens is 4. The molecule has 5 nitrogen and oxygen atoms in total. The average Bonchev–Trinajstić information content (AvgIpc) is 2.75. The van der Waals surface area contributed by atoms with E-state index < -0.39 is 0 Å². The van der Waals surface area contributed by atoms with Crippen molar-refractivity contribution < 1.29 is 0 Å². The number of nitrogens with two attached hydrogens (primary N) is 1. The standard InChI is InChI=1S/C13H13N5/c1-8-4-3-5-10-12(8)16-13(9(2)15-10)11-6-7-18(14)17-11/h3-7H,14H2,1-2H3. The van der Waals surface area contributed by atoms with E-state index in [4.69, 9.17) is 5.84 Å². The van der Waals surface area contributed by atoms with Crippen molar-refractivity contribution in [1.29, 1.82) is 0 Å². The molecule has 0 saturated carbocycles. The zero-order valence-corrected chi connectivity index (χ0v) is 10.3. The summed E-state index contributed by atoms with van der Waals surface area (Å²) < 4.78 is 0. The first-order chi connectivity index (χ1) is 8.65. The van der Waals surface area contributed by atoms with Gasteiger partial charge in [-0.25, -0.2) is 9.97 Å². The second kappa shape index (κ2) is 3.80.